The molecular weight excluding hydrogens is 420 g/mol. The van der Waals surface area contributed by atoms with Gasteiger partial charge in [0.25, 0.3) is 5.91 Å². The zero-order chi connectivity index (χ0) is 22.0. The number of sulfonamides is 1. The number of ether oxygens (including phenoxy) is 1. The summed E-state index contributed by atoms with van der Waals surface area (Å²) in [7, 11) is -3.75. The Bertz CT molecular complexity index is 1030. The van der Waals surface area contributed by atoms with Crippen LogP contribution in [-0.2, 0) is 14.8 Å². The van der Waals surface area contributed by atoms with Crippen molar-refractivity contribution in [2.24, 2.45) is 5.92 Å². The van der Waals surface area contributed by atoms with Crippen LogP contribution in [0.25, 0.3) is 0 Å². The normalized spacial score (nSPS) is 20.2. The summed E-state index contributed by atoms with van der Waals surface area (Å²) in [5.74, 6) is 1.01. The highest BCUT2D eigenvalue weighted by Crippen LogP contribution is 2.38. The Hall–Kier alpha value is -2.30. The van der Waals surface area contributed by atoms with Gasteiger partial charge in [-0.15, -0.1) is 0 Å². The molecule has 0 radical (unpaired) electrons. The molecule has 2 heterocycles. The summed E-state index contributed by atoms with van der Waals surface area (Å²) in [6.07, 6.45) is 3.77. The maximum Gasteiger partial charge on any atom is 0.251 e. The van der Waals surface area contributed by atoms with E-state index in [-0.39, 0.29) is 29.0 Å². The van der Waals surface area contributed by atoms with E-state index in [0.717, 1.165) is 25.7 Å². The van der Waals surface area contributed by atoms with Crippen molar-refractivity contribution in [3.8, 4) is 0 Å². The van der Waals surface area contributed by atoms with Crippen LogP contribution >= 0.6 is 0 Å². The largest absolute Gasteiger partial charge is 0.377 e. The number of carbonyl (C=O) groups is 1. The van der Waals surface area contributed by atoms with E-state index >= 15 is 0 Å². The van der Waals surface area contributed by atoms with Gasteiger partial charge in [0.1, 0.15) is 6.04 Å². The van der Waals surface area contributed by atoms with Gasteiger partial charge in [-0.3, -0.25) is 4.79 Å². The van der Waals surface area contributed by atoms with Gasteiger partial charge in [0.05, 0.1) is 11.0 Å². The summed E-state index contributed by atoms with van der Waals surface area (Å²) in [4.78, 5) is 17.4. The molecule has 2 fully saturated rings. The van der Waals surface area contributed by atoms with E-state index in [9.17, 15) is 13.2 Å². The van der Waals surface area contributed by atoms with E-state index in [0.29, 0.717) is 24.2 Å². The Morgan fingerprint density at radius 2 is 2.06 bits per heavy atom. The van der Waals surface area contributed by atoms with E-state index in [1.165, 1.54) is 12.1 Å². The molecule has 2 atom stereocenters. The summed E-state index contributed by atoms with van der Waals surface area (Å²) in [5.41, 5.74) is 0.243. The van der Waals surface area contributed by atoms with E-state index in [4.69, 9.17) is 9.26 Å². The van der Waals surface area contributed by atoms with E-state index in [1.807, 2.05) is 13.8 Å². The van der Waals surface area contributed by atoms with Gasteiger partial charge >= 0.3 is 0 Å². The standard InChI is InChI=1S/C21H28N4O5S/c1-13(2)18(21-24-19(25-30-21)14-8-9-14)23-20(26)15-5-3-7-17(11-15)31(27,28)22-12-16-6-4-10-29-16/h3,5,7,11,13-14,16,18,22H,4,6,8-10,12H2,1-2H3,(H,23,26). The summed E-state index contributed by atoms with van der Waals surface area (Å²) in [5, 5.41) is 6.93. The zero-order valence-electron chi connectivity index (χ0n) is 17.7. The SMILES string of the molecule is CC(C)C(NC(=O)c1cccc(S(=O)(=O)NCC2CCCO2)c1)c1nc(C2CC2)no1. The predicted octanol–water partition coefficient (Wildman–Crippen LogP) is 2.53. The van der Waals surface area contributed by atoms with Crippen LogP contribution in [0.15, 0.2) is 33.7 Å². The third-order valence-electron chi connectivity index (χ3n) is 5.55. The number of hydrogen-bond donors (Lipinski definition) is 2. The van der Waals surface area contributed by atoms with Gasteiger partial charge in [0, 0.05) is 24.6 Å². The van der Waals surface area contributed by atoms with Gasteiger partial charge in [0.2, 0.25) is 15.9 Å². The van der Waals surface area contributed by atoms with Crippen molar-refractivity contribution in [1.29, 1.82) is 0 Å². The number of nitrogens with one attached hydrogen (secondary N) is 2. The van der Waals surface area contributed by atoms with E-state index < -0.39 is 22.0 Å². The predicted molar refractivity (Wildman–Crippen MR) is 112 cm³/mol. The number of hydrogen-bond acceptors (Lipinski definition) is 7. The lowest BCUT2D eigenvalue weighted by molar-refractivity contribution is 0.0913. The van der Waals surface area contributed by atoms with Crippen molar-refractivity contribution >= 4 is 15.9 Å². The van der Waals surface area contributed by atoms with E-state index in [1.54, 1.807) is 12.1 Å². The fraction of sp³-hybridized carbons (Fsp3) is 0.571. The second-order valence-corrected chi connectivity index (χ2v) is 10.2. The second-order valence-electron chi connectivity index (χ2n) is 8.47. The molecule has 0 bridgehead atoms. The highest BCUT2D eigenvalue weighted by molar-refractivity contribution is 7.89. The summed E-state index contributed by atoms with van der Waals surface area (Å²) < 4.78 is 38.7. The van der Waals surface area contributed by atoms with Gasteiger partial charge in [0.15, 0.2) is 5.82 Å². The molecule has 1 aromatic carbocycles. The fourth-order valence-corrected chi connectivity index (χ4v) is 4.63. The highest BCUT2D eigenvalue weighted by Gasteiger charge is 2.32. The number of nitrogens with zero attached hydrogens (tertiary/aromatic N) is 2. The molecule has 1 aromatic heterocycles. The molecule has 1 aliphatic carbocycles. The molecule has 1 aliphatic heterocycles. The van der Waals surface area contributed by atoms with E-state index in [2.05, 4.69) is 20.2 Å². The Morgan fingerprint density at radius 1 is 1.26 bits per heavy atom. The Morgan fingerprint density at radius 3 is 2.74 bits per heavy atom. The summed E-state index contributed by atoms with van der Waals surface area (Å²) in [6.45, 7) is 4.76. The molecule has 1 saturated carbocycles. The first-order valence-electron chi connectivity index (χ1n) is 10.7. The molecule has 0 spiro atoms. The first-order valence-corrected chi connectivity index (χ1v) is 12.2. The number of benzene rings is 1. The molecule has 2 N–H and O–H groups in total. The zero-order valence-corrected chi connectivity index (χ0v) is 18.5. The third kappa shape index (κ3) is 5.31. The van der Waals surface area contributed by atoms with Crippen LogP contribution in [0.1, 0.15) is 73.6 Å². The molecule has 2 aliphatic rings. The Balaban J connectivity index is 1.45. The minimum Gasteiger partial charge on any atom is -0.377 e. The summed E-state index contributed by atoms with van der Waals surface area (Å²) >= 11 is 0. The average molecular weight is 449 g/mol. The van der Waals surface area contributed by atoms with Crippen molar-refractivity contribution in [1.82, 2.24) is 20.2 Å². The van der Waals surface area contributed by atoms with Crippen molar-refractivity contribution in [3.05, 3.63) is 41.5 Å². The maximum atomic E-state index is 12.9. The van der Waals surface area contributed by atoms with Crippen molar-refractivity contribution in [3.63, 3.8) is 0 Å². The summed E-state index contributed by atoms with van der Waals surface area (Å²) in [6, 6.07) is 5.50. The van der Waals surface area contributed by atoms with Gasteiger partial charge < -0.3 is 14.6 Å². The molecule has 2 aromatic rings. The lowest BCUT2D eigenvalue weighted by Gasteiger charge is -2.19. The number of aromatic nitrogens is 2. The second kappa shape index (κ2) is 9.05. The van der Waals surface area contributed by atoms with Crippen LogP contribution < -0.4 is 10.0 Å². The number of amides is 1. The van der Waals surface area contributed by atoms with Gasteiger partial charge in [-0.05, 0) is 49.8 Å². The minimum atomic E-state index is -3.75. The molecule has 4 rings (SSSR count). The topological polar surface area (TPSA) is 123 Å². The lowest BCUT2D eigenvalue weighted by Crippen LogP contribution is -2.33. The van der Waals surface area contributed by atoms with Crippen molar-refractivity contribution in [2.45, 2.75) is 62.5 Å². The average Bonchev–Trinajstić information content (AvgIpc) is 3.25. The van der Waals surface area contributed by atoms with Crippen LogP contribution in [0.4, 0.5) is 0 Å². The molecule has 31 heavy (non-hydrogen) atoms. The Kier molecular flexibility index (Phi) is 6.40. The van der Waals surface area contributed by atoms with Crippen LogP contribution in [0.2, 0.25) is 0 Å². The van der Waals surface area contributed by atoms with Crippen LogP contribution in [0, 0.1) is 5.92 Å². The van der Waals surface area contributed by atoms with Gasteiger partial charge in [-0.1, -0.05) is 25.1 Å². The van der Waals surface area contributed by atoms with Gasteiger partial charge in [-0.2, -0.15) is 4.98 Å². The van der Waals surface area contributed by atoms with Crippen LogP contribution in [0.3, 0.4) is 0 Å². The highest BCUT2D eigenvalue weighted by atomic mass is 32.2. The monoisotopic (exact) mass is 448 g/mol. The van der Waals surface area contributed by atoms with Crippen LogP contribution in [0.5, 0.6) is 0 Å². The van der Waals surface area contributed by atoms with Crippen LogP contribution in [-0.4, -0.2) is 43.7 Å². The lowest BCUT2D eigenvalue weighted by atomic mass is 10.0. The third-order valence-corrected chi connectivity index (χ3v) is 6.97. The number of rotatable bonds is 9. The molecule has 168 valence electrons. The molecule has 10 heteroatoms. The first-order chi connectivity index (χ1) is 14.8. The van der Waals surface area contributed by atoms with Gasteiger partial charge in [-0.25, -0.2) is 13.1 Å². The molecular formula is C21H28N4O5S. The fourth-order valence-electron chi connectivity index (χ4n) is 3.51. The molecule has 1 saturated heterocycles. The van der Waals surface area contributed by atoms with Crippen molar-refractivity contribution in [2.75, 3.05) is 13.2 Å². The molecule has 2 unspecified atom stereocenters. The minimum absolute atomic E-state index is 0.0106. The quantitative estimate of drug-likeness (QED) is 0.604. The maximum absolute atomic E-state index is 12.9. The smallest absolute Gasteiger partial charge is 0.251 e. The first kappa shape index (κ1) is 21.9. The molecule has 9 nitrogen and oxygen atoms in total. The Labute approximate surface area is 182 Å². The molecule has 1 amide bonds. The van der Waals surface area contributed by atoms with Crippen molar-refractivity contribution < 1.29 is 22.5 Å². The number of carbonyl (C=O) groups excluding carboxylic acids is 1.